The van der Waals surface area contributed by atoms with Crippen LogP contribution in [0.3, 0.4) is 0 Å². The first kappa shape index (κ1) is 21.0. The Labute approximate surface area is 166 Å². The Morgan fingerprint density at radius 2 is 1.93 bits per heavy atom. The summed E-state index contributed by atoms with van der Waals surface area (Å²) in [6.45, 7) is 4.06. The number of fused-ring (bicyclic) bond motifs is 1. The van der Waals surface area contributed by atoms with Gasteiger partial charge >= 0.3 is 5.69 Å². The van der Waals surface area contributed by atoms with Crippen LogP contribution in [0.15, 0.2) is 23.0 Å². The van der Waals surface area contributed by atoms with E-state index in [1.165, 1.54) is 4.31 Å². The molecule has 2 heterocycles. The smallest absolute Gasteiger partial charge is 0.328 e. The molecule has 0 aliphatic carbocycles. The van der Waals surface area contributed by atoms with E-state index in [9.17, 15) is 13.2 Å². The Morgan fingerprint density at radius 3 is 2.61 bits per heavy atom. The second-order valence-corrected chi connectivity index (χ2v) is 9.59. The van der Waals surface area contributed by atoms with Crippen molar-refractivity contribution in [3.63, 3.8) is 0 Å². The third-order valence-electron chi connectivity index (χ3n) is 5.51. The molecule has 1 aliphatic heterocycles. The second kappa shape index (κ2) is 8.36. The van der Waals surface area contributed by atoms with Crippen molar-refractivity contribution >= 4 is 21.2 Å². The van der Waals surface area contributed by atoms with Gasteiger partial charge in [0.15, 0.2) is 0 Å². The number of aromatic nitrogens is 2. The van der Waals surface area contributed by atoms with Gasteiger partial charge in [-0.15, -0.1) is 0 Å². The SMILES string of the molecule is COCCN(Cc1ccc2c(c1)n(C)c(=O)n2C)S(=O)(=O)N1CCC[C@@H](C)C1. The molecule has 0 spiro atoms. The number of hydrogen-bond donors (Lipinski definition) is 0. The molecule has 1 aromatic heterocycles. The van der Waals surface area contributed by atoms with E-state index in [0.717, 1.165) is 29.4 Å². The summed E-state index contributed by atoms with van der Waals surface area (Å²) in [6, 6.07) is 5.65. The molecule has 28 heavy (non-hydrogen) atoms. The topological polar surface area (TPSA) is 76.8 Å². The fourth-order valence-electron chi connectivity index (χ4n) is 3.84. The molecular formula is C19H30N4O4S. The molecule has 1 aromatic carbocycles. The van der Waals surface area contributed by atoms with E-state index < -0.39 is 10.2 Å². The highest BCUT2D eigenvalue weighted by Crippen LogP contribution is 2.23. The summed E-state index contributed by atoms with van der Waals surface area (Å²) in [5.41, 5.74) is 2.37. The largest absolute Gasteiger partial charge is 0.383 e. The van der Waals surface area contributed by atoms with Crippen molar-refractivity contribution in [2.75, 3.05) is 33.4 Å². The molecule has 156 valence electrons. The van der Waals surface area contributed by atoms with E-state index >= 15 is 0 Å². The molecule has 0 amide bonds. The summed E-state index contributed by atoms with van der Waals surface area (Å²) in [7, 11) is 1.45. The van der Waals surface area contributed by atoms with E-state index in [4.69, 9.17) is 4.74 Å². The zero-order chi connectivity index (χ0) is 20.5. The maximum atomic E-state index is 13.3. The molecule has 0 saturated carbocycles. The number of rotatable bonds is 7. The summed E-state index contributed by atoms with van der Waals surface area (Å²) in [5, 5.41) is 0. The lowest BCUT2D eigenvalue weighted by molar-refractivity contribution is 0.171. The number of hydrogen-bond acceptors (Lipinski definition) is 4. The minimum absolute atomic E-state index is 0.0988. The molecule has 0 N–H and O–H groups in total. The van der Waals surface area contributed by atoms with Crippen molar-refractivity contribution in [2.24, 2.45) is 20.0 Å². The van der Waals surface area contributed by atoms with Crippen LogP contribution >= 0.6 is 0 Å². The van der Waals surface area contributed by atoms with Crippen molar-refractivity contribution in [3.8, 4) is 0 Å². The summed E-state index contributed by atoms with van der Waals surface area (Å²) < 4.78 is 37.9. The van der Waals surface area contributed by atoms with E-state index in [2.05, 4.69) is 6.92 Å². The van der Waals surface area contributed by atoms with Gasteiger partial charge in [-0.3, -0.25) is 9.13 Å². The van der Waals surface area contributed by atoms with Gasteiger partial charge in [0.2, 0.25) is 0 Å². The van der Waals surface area contributed by atoms with Crippen LogP contribution in [0.25, 0.3) is 11.0 Å². The fraction of sp³-hybridized carbons (Fsp3) is 0.632. The van der Waals surface area contributed by atoms with Gasteiger partial charge in [-0.05, 0) is 36.5 Å². The lowest BCUT2D eigenvalue weighted by Gasteiger charge is -2.34. The lowest BCUT2D eigenvalue weighted by atomic mass is 10.0. The third kappa shape index (κ3) is 4.03. The maximum Gasteiger partial charge on any atom is 0.328 e. The normalized spacial score (nSPS) is 19.0. The highest BCUT2D eigenvalue weighted by Gasteiger charge is 2.32. The standard InChI is InChI=1S/C19H30N4O4S/c1-15-6-5-9-22(13-15)28(25,26)23(10-11-27-4)14-16-7-8-17-18(12-16)21(3)19(24)20(17)2/h7-8,12,15H,5-6,9-11,13-14H2,1-4H3/t15-/m1/s1. The van der Waals surface area contributed by atoms with Crippen LogP contribution < -0.4 is 5.69 Å². The van der Waals surface area contributed by atoms with E-state index in [1.807, 2.05) is 18.2 Å². The molecule has 0 radical (unpaired) electrons. The lowest BCUT2D eigenvalue weighted by Crippen LogP contribution is -2.48. The molecule has 3 rings (SSSR count). The predicted molar refractivity (Wildman–Crippen MR) is 109 cm³/mol. The van der Waals surface area contributed by atoms with Crippen LogP contribution in [0.5, 0.6) is 0 Å². The average molecular weight is 411 g/mol. The minimum atomic E-state index is -3.58. The number of methoxy groups -OCH3 is 1. The molecule has 0 unspecified atom stereocenters. The van der Waals surface area contributed by atoms with Gasteiger partial charge in [0.05, 0.1) is 17.6 Å². The summed E-state index contributed by atoms with van der Waals surface area (Å²) in [4.78, 5) is 12.2. The predicted octanol–water partition coefficient (Wildman–Crippen LogP) is 1.30. The van der Waals surface area contributed by atoms with Gasteiger partial charge in [-0.1, -0.05) is 13.0 Å². The Hall–Kier alpha value is -1.68. The van der Waals surface area contributed by atoms with Crippen LogP contribution in [0.2, 0.25) is 0 Å². The molecule has 1 fully saturated rings. The van der Waals surface area contributed by atoms with Crippen LogP contribution in [0.4, 0.5) is 0 Å². The Bertz CT molecular complexity index is 995. The van der Waals surface area contributed by atoms with E-state index in [-0.39, 0.29) is 18.8 Å². The molecule has 8 nitrogen and oxygen atoms in total. The van der Waals surface area contributed by atoms with Gasteiger partial charge < -0.3 is 4.74 Å². The summed E-state index contributed by atoms with van der Waals surface area (Å²) in [5.74, 6) is 0.364. The van der Waals surface area contributed by atoms with Gasteiger partial charge in [0, 0.05) is 47.4 Å². The van der Waals surface area contributed by atoms with Crippen LogP contribution in [-0.4, -0.2) is 59.5 Å². The fourth-order valence-corrected chi connectivity index (χ4v) is 5.59. The first-order chi connectivity index (χ1) is 13.3. The van der Waals surface area contributed by atoms with Crippen molar-refractivity contribution in [1.82, 2.24) is 17.7 Å². The van der Waals surface area contributed by atoms with Gasteiger partial charge in [-0.2, -0.15) is 17.0 Å². The van der Waals surface area contributed by atoms with Crippen molar-refractivity contribution in [3.05, 3.63) is 34.2 Å². The third-order valence-corrected chi connectivity index (χ3v) is 7.46. The second-order valence-electron chi connectivity index (χ2n) is 7.66. The van der Waals surface area contributed by atoms with E-state index in [0.29, 0.717) is 25.6 Å². The zero-order valence-electron chi connectivity index (χ0n) is 17.1. The Kier molecular flexibility index (Phi) is 6.28. The summed E-state index contributed by atoms with van der Waals surface area (Å²) >= 11 is 0. The molecule has 0 bridgehead atoms. The van der Waals surface area contributed by atoms with Gasteiger partial charge in [0.25, 0.3) is 10.2 Å². The highest BCUT2D eigenvalue weighted by atomic mass is 32.2. The first-order valence-electron chi connectivity index (χ1n) is 9.64. The number of aryl methyl sites for hydroxylation is 2. The first-order valence-corrected chi connectivity index (χ1v) is 11.0. The van der Waals surface area contributed by atoms with Gasteiger partial charge in [0.1, 0.15) is 0 Å². The number of imidazole rings is 1. The average Bonchev–Trinajstić information content (AvgIpc) is 2.89. The molecule has 1 atom stereocenters. The molecular weight excluding hydrogens is 380 g/mol. The maximum absolute atomic E-state index is 13.3. The number of piperidine rings is 1. The Morgan fingerprint density at radius 1 is 1.21 bits per heavy atom. The zero-order valence-corrected chi connectivity index (χ0v) is 17.9. The van der Waals surface area contributed by atoms with Crippen LogP contribution in [0, 0.1) is 5.92 Å². The minimum Gasteiger partial charge on any atom is -0.383 e. The monoisotopic (exact) mass is 410 g/mol. The van der Waals surface area contributed by atoms with Crippen LogP contribution in [0.1, 0.15) is 25.3 Å². The number of nitrogens with zero attached hydrogens (tertiary/aromatic N) is 4. The molecule has 2 aromatic rings. The Balaban J connectivity index is 1.91. The van der Waals surface area contributed by atoms with E-state index in [1.54, 1.807) is 34.6 Å². The molecule has 9 heteroatoms. The number of benzene rings is 1. The highest BCUT2D eigenvalue weighted by molar-refractivity contribution is 7.86. The van der Waals surface area contributed by atoms with Crippen molar-refractivity contribution < 1.29 is 13.2 Å². The van der Waals surface area contributed by atoms with Crippen LogP contribution in [-0.2, 0) is 35.6 Å². The van der Waals surface area contributed by atoms with Crippen molar-refractivity contribution in [2.45, 2.75) is 26.3 Å². The summed E-state index contributed by atoms with van der Waals surface area (Å²) in [6.07, 6.45) is 1.94. The quantitative estimate of drug-likeness (QED) is 0.690. The van der Waals surface area contributed by atoms with Crippen molar-refractivity contribution in [1.29, 1.82) is 0 Å². The number of ether oxygens (including phenoxy) is 1. The molecule has 1 saturated heterocycles. The molecule has 1 aliphatic rings. The van der Waals surface area contributed by atoms with Gasteiger partial charge in [-0.25, -0.2) is 4.79 Å².